The van der Waals surface area contributed by atoms with E-state index in [1.54, 1.807) is 32.7 Å². The number of pyridine rings is 1. The highest BCUT2D eigenvalue weighted by atomic mass is 35.5. The van der Waals surface area contributed by atoms with E-state index < -0.39 is 78.2 Å². The molecule has 0 aromatic carbocycles. The molecule has 26 nitrogen and oxygen atoms in total. The highest BCUT2D eigenvalue weighted by molar-refractivity contribution is 7.17. The molecule has 0 aliphatic carbocycles. The van der Waals surface area contributed by atoms with Gasteiger partial charge in [-0.25, -0.2) is 28.1 Å². The van der Waals surface area contributed by atoms with Crippen LogP contribution in [0.3, 0.4) is 0 Å². The molecule has 4 N–H and O–H groups in total. The topological polar surface area (TPSA) is 274 Å². The number of nitrogens with zero attached hydrogens (tertiary/aromatic N) is 16. The summed E-state index contributed by atoms with van der Waals surface area (Å²) in [6.07, 6.45) is 20.6. The van der Waals surface area contributed by atoms with Gasteiger partial charge in [-0.15, -0.1) is 65.7 Å². The standard InChI is InChI=1S/C20H24ClF3N4O2S.C20H23ClF2N6OS.C20H20ClF2N5OS.C18H18ClF2N5O2S/c1-12-7-19(17-13(6-16(21)31-17)20(23,24)11-30-19)8-14(25-12)15-9-28(27-26-15)10-18(22)2-4-29-5-3-18;1-3-28-8-13(7-24-28)9-29-10-16(26-27-29)15-6-19(5-12(2)25-15)18-14(4-17(21)31-18)20(22,23)11-30-19;1-12-7-19(18-14(6-17(21)30-18)20(22,23)11-29-19)8-15(25-12)16-10-28(27-26-16)9-13-4-2-3-5-24-13;1-10-3-17(16-12(2-15(19)29-16)18(20,21)8-28-17)4-13(23-10)14-6-26(25-24-14)5-11-7-27-9-22-11/h6,9,12,14,25H,2-5,7-8,10-11H2,1H3;4,7-8,10,12,15,25H,3,5-6,9,11H2,1-2H3;2-6,10,12,15,25H,7-9,11H2,1H3;2,6-7,9-10,13,23H,3-5,8H2,1H3/t12-,14-,19-;2*12-,15-,19-;10-,13-,17-/m0000/s1. The molecule has 0 radical (unpaired) electrons. The van der Waals surface area contributed by atoms with Crippen molar-refractivity contribution in [1.29, 1.82) is 0 Å². The van der Waals surface area contributed by atoms with Gasteiger partial charge in [0.1, 0.15) is 66.5 Å². The lowest BCUT2D eigenvalue weighted by Gasteiger charge is -2.47. The van der Waals surface area contributed by atoms with E-state index in [1.165, 1.54) is 69.4 Å². The van der Waals surface area contributed by atoms with E-state index in [2.05, 4.69) is 77.6 Å². The number of fused-ring (bicyclic) bond motifs is 8. The van der Waals surface area contributed by atoms with Crippen LogP contribution in [-0.4, -0.2) is 149 Å². The van der Waals surface area contributed by atoms with Gasteiger partial charge in [0, 0.05) is 142 Å². The number of piperidine rings is 4. The molecule has 12 atom stereocenters. The third-order valence-corrected chi connectivity index (χ3v) is 29.3. The second-order valence-corrected chi connectivity index (χ2v) is 39.6. The second-order valence-electron chi connectivity index (χ2n) is 32.9. The van der Waals surface area contributed by atoms with Crippen LogP contribution in [-0.2, 0) is 103 Å². The van der Waals surface area contributed by atoms with Crippen molar-refractivity contribution in [3.05, 3.63) is 197 Å². The summed E-state index contributed by atoms with van der Waals surface area (Å²) >= 11 is 29.2. The zero-order valence-corrected chi connectivity index (χ0v) is 72.1. The largest absolute Gasteiger partial charge is 0.451 e. The first-order chi connectivity index (χ1) is 57.6. The first kappa shape index (κ1) is 86.2. The molecule has 648 valence electrons. The van der Waals surface area contributed by atoms with Crippen molar-refractivity contribution in [2.24, 2.45) is 0 Å². The Kier molecular flexibility index (Phi) is 24.1. The van der Waals surface area contributed by atoms with Crippen molar-refractivity contribution >= 4 is 91.8 Å². The average Bonchev–Trinajstić information content (AvgIpc) is 1.67. The number of nitrogens with one attached hydrogen (secondary N) is 4. The van der Waals surface area contributed by atoms with Gasteiger partial charge < -0.3 is 49.4 Å². The van der Waals surface area contributed by atoms with E-state index in [4.69, 9.17) is 74.5 Å². The smallest absolute Gasteiger partial charge is 0.297 e. The minimum Gasteiger partial charge on any atom is -0.451 e. The summed E-state index contributed by atoms with van der Waals surface area (Å²) < 4.78 is 174. The zero-order chi connectivity index (χ0) is 84.8. The van der Waals surface area contributed by atoms with Crippen LogP contribution in [0.2, 0.25) is 17.3 Å². The fourth-order valence-electron chi connectivity index (χ4n) is 18.2. The lowest BCUT2D eigenvalue weighted by atomic mass is 9.78. The van der Waals surface area contributed by atoms with Crippen LogP contribution in [0.15, 0.2) is 103 Å². The SMILES string of the molecule is CCn1cc(Cn2cc([C@@H]3C[C@]4(C[C@H](C)N3)OCC(F)(F)c3cc(Cl)sc34)nn2)cn1.C[C@H]1C[C@@]2(C[C@@H](c3cn(CC4(F)CCOCC4)nn3)N1)OCC(F)(F)c1cc(Cl)sc12.C[C@H]1C[C@@]2(C[C@@H](c3cn(Cc4ccccn4)nn3)N1)OCC(F)(F)c1cc(Cl)sc12.C[C@H]1C[C@@]2(C[C@@H](c3cn(Cc4cocn4)nn3)N1)OCC(F)(F)c1cc(Cl)sc12. The molecule has 20 rings (SSSR count). The van der Waals surface area contributed by atoms with Crippen molar-refractivity contribution in [3.63, 3.8) is 0 Å². The maximum Gasteiger partial charge on any atom is 0.297 e. The fourth-order valence-corrected chi connectivity index (χ4v) is 24.0. The van der Waals surface area contributed by atoms with Gasteiger partial charge >= 0.3 is 0 Å². The minimum absolute atomic E-state index is 0.00168. The number of rotatable bonds is 13. The summed E-state index contributed by atoms with van der Waals surface area (Å²) in [7, 11) is 0. The zero-order valence-electron chi connectivity index (χ0n) is 65.9. The van der Waals surface area contributed by atoms with Gasteiger partial charge in [-0.2, -0.15) is 40.2 Å². The molecule has 11 aromatic rings. The predicted octanol–water partition coefficient (Wildman–Crippen LogP) is 16.6. The van der Waals surface area contributed by atoms with Crippen LogP contribution in [0.5, 0.6) is 0 Å². The van der Waals surface area contributed by atoms with Crippen LogP contribution >= 0.6 is 91.8 Å². The van der Waals surface area contributed by atoms with Crippen LogP contribution in [0.1, 0.15) is 204 Å². The number of thiophene rings is 4. The lowest BCUT2D eigenvalue weighted by molar-refractivity contribution is -0.183. The molecule has 121 heavy (non-hydrogen) atoms. The Morgan fingerprint density at radius 3 is 1.16 bits per heavy atom. The van der Waals surface area contributed by atoms with Gasteiger partial charge in [0.15, 0.2) is 6.39 Å². The molecule has 4 spiro atoms. The van der Waals surface area contributed by atoms with Crippen LogP contribution in [0.4, 0.5) is 39.5 Å². The van der Waals surface area contributed by atoms with Gasteiger partial charge in [-0.1, -0.05) is 73.3 Å². The van der Waals surface area contributed by atoms with Crippen LogP contribution < -0.4 is 21.3 Å². The van der Waals surface area contributed by atoms with E-state index in [1.807, 2.05) is 88.5 Å². The van der Waals surface area contributed by atoms with Crippen LogP contribution in [0.25, 0.3) is 0 Å². The molecule has 20 heterocycles. The molecule has 0 amide bonds. The molecular weight excluding hydrogens is 1750 g/mol. The molecule has 0 unspecified atom stereocenters. The molecule has 0 saturated carbocycles. The first-order valence-corrected chi connectivity index (χ1v) is 44.4. The number of oxazole rings is 1. The summed E-state index contributed by atoms with van der Waals surface area (Å²) in [5, 5.41) is 52.3. The van der Waals surface area contributed by atoms with Gasteiger partial charge in [0.2, 0.25) is 0 Å². The molecule has 0 bridgehead atoms. The number of hydrogen-bond acceptors (Lipinski definition) is 25. The molecule has 5 fully saturated rings. The number of aromatic nitrogens is 16. The molecule has 5 saturated heterocycles. The van der Waals surface area contributed by atoms with Crippen molar-refractivity contribution in [2.45, 2.75) is 232 Å². The van der Waals surface area contributed by atoms with E-state index in [0.717, 1.165) is 51.9 Å². The minimum atomic E-state index is -3.06. The van der Waals surface area contributed by atoms with Crippen molar-refractivity contribution in [1.82, 2.24) is 101 Å². The Bertz CT molecular complexity index is 5450. The van der Waals surface area contributed by atoms with E-state index >= 15 is 4.39 Å². The van der Waals surface area contributed by atoms with Gasteiger partial charge in [-0.3, -0.25) is 9.67 Å². The third-order valence-electron chi connectivity index (χ3n) is 23.5. The number of alkyl halides is 9. The summed E-state index contributed by atoms with van der Waals surface area (Å²) in [6.45, 7) is 10.7. The second kappa shape index (κ2) is 33.8. The molecule has 11 aromatic heterocycles. The maximum atomic E-state index is 15.0. The molecule has 9 aliphatic rings. The summed E-state index contributed by atoms with van der Waals surface area (Å²) in [5.41, 5.74) is 0.816. The molecule has 43 heteroatoms. The van der Waals surface area contributed by atoms with Gasteiger partial charge in [0.25, 0.3) is 23.7 Å². The lowest BCUT2D eigenvalue weighted by Crippen LogP contribution is -2.51. The summed E-state index contributed by atoms with van der Waals surface area (Å²) in [4.78, 5) is 10.5. The van der Waals surface area contributed by atoms with Crippen molar-refractivity contribution in [2.75, 3.05) is 39.6 Å². The van der Waals surface area contributed by atoms with Crippen molar-refractivity contribution < 1.29 is 67.6 Å². The predicted molar refractivity (Wildman–Crippen MR) is 432 cm³/mol. The number of hydrogen-bond donors (Lipinski definition) is 4. The monoisotopic (exact) mass is 1840 g/mol. The number of aryl methyl sites for hydroxylation is 1. The summed E-state index contributed by atoms with van der Waals surface area (Å²) in [6, 6.07) is 10.6. The normalized spacial score (nSPS) is 29.0. The highest BCUT2D eigenvalue weighted by Gasteiger charge is 2.59. The Morgan fingerprint density at radius 1 is 0.446 bits per heavy atom. The van der Waals surface area contributed by atoms with Gasteiger partial charge in [-0.05, 0) is 96.7 Å². The summed E-state index contributed by atoms with van der Waals surface area (Å²) in [5.74, 6) is -12.1. The van der Waals surface area contributed by atoms with E-state index in [9.17, 15) is 35.1 Å². The first-order valence-electron chi connectivity index (χ1n) is 39.6. The Balaban J connectivity index is 0.000000115. The highest BCUT2D eigenvalue weighted by Crippen LogP contribution is 2.60. The van der Waals surface area contributed by atoms with Crippen molar-refractivity contribution in [3.8, 4) is 0 Å². The quantitative estimate of drug-likeness (QED) is 0.0781. The molecular formula is C78H85Cl4F9N20O6S4. The Morgan fingerprint density at radius 2 is 0.810 bits per heavy atom. The fraction of sp³-hybridized carbons (Fsp3) is 0.551. The van der Waals surface area contributed by atoms with Crippen LogP contribution in [0, 0.1) is 0 Å². The number of halogens is 13. The average molecular weight is 1840 g/mol. The maximum absolute atomic E-state index is 15.0. The Labute approximate surface area is 724 Å². The Hall–Kier alpha value is -6.90. The van der Waals surface area contributed by atoms with E-state index in [0.29, 0.717) is 140 Å². The van der Waals surface area contributed by atoms with Gasteiger partial charge in [0.05, 0.1) is 127 Å². The third kappa shape index (κ3) is 18.1. The molecule has 9 aliphatic heterocycles. The van der Waals surface area contributed by atoms with E-state index in [-0.39, 0.29) is 77.1 Å². The number of ether oxygens (including phenoxy) is 5.